The van der Waals surface area contributed by atoms with E-state index in [2.05, 4.69) is 17.0 Å². The maximum absolute atomic E-state index is 13.8. The van der Waals surface area contributed by atoms with Gasteiger partial charge in [0, 0.05) is 23.6 Å². The molecule has 1 spiro atoms. The molecule has 6 nitrogen and oxygen atoms in total. The molecule has 7 heteroatoms. The van der Waals surface area contributed by atoms with Crippen molar-refractivity contribution in [2.24, 2.45) is 0 Å². The first-order chi connectivity index (χ1) is 14.5. The molecule has 2 aliphatic heterocycles. The number of rotatable bonds is 3. The maximum Gasteiger partial charge on any atom is 0.243 e. The zero-order valence-electron chi connectivity index (χ0n) is 16.4. The third kappa shape index (κ3) is 2.40. The van der Waals surface area contributed by atoms with Gasteiger partial charge in [0.05, 0.1) is 17.6 Å². The number of anilines is 2. The van der Waals surface area contributed by atoms with Crippen molar-refractivity contribution < 1.29 is 9.59 Å². The molecule has 1 atom stereocenters. The van der Waals surface area contributed by atoms with Crippen LogP contribution in [0, 0.1) is 6.92 Å². The fraction of sp³-hybridized carbons (Fsp3) is 0.174. The van der Waals surface area contributed by atoms with Gasteiger partial charge in [-0.3, -0.25) is 9.59 Å². The molecule has 0 radical (unpaired) electrons. The van der Waals surface area contributed by atoms with Gasteiger partial charge in [-0.25, -0.2) is 4.68 Å². The van der Waals surface area contributed by atoms with Crippen LogP contribution in [0.3, 0.4) is 0 Å². The highest BCUT2D eigenvalue weighted by molar-refractivity contribution is 6.30. The molecule has 1 aromatic heterocycles. The third-order valence-electron chi connectivity index (χ3n) is 5.87. The van der Waals surface area contributed by atoms with Crippen molar-refractivity contribution in [3.05, 3.63) is 83.0 Å². The minimum atomic E-state index is -1.10. The largest absolute Gasteiger partial charge is 0.310 e. The maximum atomic E-state index is 13.8. The Morgan fingerprint density at radius 3 is 2.70 bits per heavy atom. The molecule has 0 unspecified atom stereocenters. The molecule has 5 rings (SSSR count). The lowest BCUT2D eigenvalue weighted by Gasteiger charge is -2.32. The molecule has 2 aliphatic rings. The van der Waals surface area contributed by atoms with Gasteiger partial charge in [0.1, 0.15) is 11.2 Å². The molecule has 2 aromatic carbocycles. The van der Waals surface area contributed by atoms with E-state index < -0.39 is 5.41 Å². The summed E-state index contributed by atoms with van der Waals surface area (Å²) in [5.74, 6) is 0.160. The van der Waals surface area contributed by atoms with Crippen LogP contribution < -0.4 is 10.2 Å². The number of aromatic nitrogens is 2. The van der Waals surface area contributed by atoms with E-state index in [4.69, 9.17) is 11.6 Å². The van der Waals surface area contributed by atoms with E-state index in [1.165, 1.54) is 0 Å². The summed E-state index contributed by atoms with van der Waals surface area (Å²) in [6, 6.07) is 13.0. The van der Waals surface area contributed by atoms with Gasteiger partial charge < -0.3 is 10.2 Å². The van der Waals surface area contributed by atoms with E-state index in [1.54, 1.807) is 34.0 Å². The quantitative estimate of drug-likeness (QED) is 0.654. The second-order valence-corrected chi connectivity index (χ2v) is 8.04. The highest BCUT2D eigenvalue weighted by Gasteiger charge is 2.57. The molecule has 0 saturated heterocycles. The molecule has 3 heterocycles. The average Bonchev–Trinajstić information content (AvgIpc) is 3.24. The number of amides is 2. The minimum absolute atomic E-state index is 0.0369. The SMILES string of the molecule is C=CCN1C(=O)[C@]2(CC(=O)Nc3c2cnn3-c2ccc(Cl)cc2)c2cccc(C)c21. The molecule has 1 N–H and O–H groups in total. The Balaban J connectivity index is 1.77. The van der Waals surface area contributed by atoms with Crippen LogP contribution in [0.1, 0.15) is 23.1 Å². The molecule has 2 amide bonds. The van der Waals surface area contributed by atoms with Crippen molar-refractivity contribution in [2.45, 2.75) is 18.8 Å². The number of hydrogen-bond acceptors (Lipinski definition) is 3. The number of hydrogen-bond donors (Lipinski definition) is 1. The Kier molecular flexibility index (Phi) is 4.08. The van der Waals surface area contributed by atoms with Crippen molar-refractivity contribution in [3.8, 4) is 5.69 Å². The smallest absolute Gasteiger partial charge is 0.243 e. The number of benzene rings is 2. The van der Waals surface area contributed by atoms with Crippen molar-refractivity contribution >= 4 is 34.9 Å². The second-order valence-electron chi connectivity index (χ2n) is 7.60. The molecule has 150 valence electrons. The van der Waals surface area contributed by atoms with Crippen LogP contribution >= 0.6 is 11.6 Å². The zero-order chi connectivity index (χ0) is 21.0. The minimum Gasteiger partial charge on any atom is -0.310 e. The van der Waals surface area contributed by atoms with E-state index >= 15 is 0 Å². The average molecular weight is 419 g/mol. The van der Waals surface area contributed by atoms with Gasteiger partial charge in [0.15, 0.2) is 0 Å². The fourth-order valence-electron chi connectivity index (χ4n) is 4.61. The summed E-state index contributed by atoms with van der Waals surface area (Å²) in [4.78, 5) is 28.4. The Bertz CT molecular complexity index is 1210. The van der Waals surface area contributed by atoms with Crippen molar-refractivity contribution in [1.29, 1.82) is 0 Å². The van der Waals surface area contributed by atoms with E-state index in [0.29, 0.717) is 22.9 Å². The number of aryl methyl sites for hydroxylation is 1. The molecule has 0 aliphatic carbocycles. The standard InChI is InChI=1S/C23H19ClN4O2/c1-3-11-27-20-14(2)5-4-6-17(20)23(22(27)30)12-19(29)26-21-18(23)13-25-28(21)16-9-7-15(24)8-10-16/h3-10,13H,1,11-12H2,2H3,(H,26,29)/t23-/m1/s1. The summed E-state index contributed by atoms with van der Waals surface area (Å²) in [6.07, 6.45) is 3.42. The van der Waals surface area contributed by atoms with Gasteiger partial charge in [0.25, 0.3) is 0 Å². The van der Waals surface area contributed by atoms with Gasteiger partial charge in [-0.1, -0.05) is 35.9 Å². The highest BCUT2D eigenvalue weighted by Crippen LogP contribution is 2.53. The van der Waals surface area contributed by atoms with Gasteiger partial charge in [-0.15, -0.1) is 6.58 Å². The van der Waals surface area contributed by atoms with Crippen LogP contribution in [0.2, 0.25) is 5.02 Å². The number of fused-ring (bicyclic) bond motifs is 4. The Labute approximate surface area is 178 Å². The predicted octanol–water partition coefficient (Wildman–Crippen LogP) is 4.00. The normalized spacial score (nSPS) is 19.6. The Hall–Kier alpha value is -3.38. The lowest BCUT2D eigenvalue weighted by molar-refractivity contribution is -0.126. The zero-order valence-corrected chi connectivity index (χ0v) is 17.1. The van der Waals surface area contributed by atoms with Crippen LogP contribution in [-0.4, -0.2) is 28.1 Å². The van der Waals surface area contributed by atoms with Crippen LogP contribution in [-0.2, 0) is 15.0 Å². The summed E-state index contributed by atoms with van der Waals surface area (Å²) in [7, 11) is 0. The summed E-state index contributed by atoms with van der Waals surface area (Å²) >= 11 is 6.02. The molecule has 3 aromatic rings. The fourth-order valence-corrected chi connectivity index (χ4v) is 4.74. The summed E-state index contributed by atoms with van der Waals surface area (Å²) in [5, 5.41) is 8.05. The number of carbonyl (C=O) groups excluding carboxylic acids is 2. The number of nitrogens with one attached hydrogen (secondary N) is 1. The van der Waals surface area contributed by atoms with Crippen LogP contribution in [0.4, 0.5) is 11.5 Å². The predicted molar refractivity (Wildman–Crippen MR) is 116 cm³/mol. The van der Waals surface area contributed by atoms with E-state index in [0.717, 1.165) is 22.5 Å². The summed E-state index contributed by atoms with van der Waals surface area (Å²) < 4.78 is 1.64. The molecule has 30 heavy (non-hydrogen) atoms. The highest BCUT2D eigenvalue weighted by atomic mass is 35.5. The van der Waals surface area contributed by atoms with Crippen molar-refractivity contribution in [3.63, 3.8) is 0 Å². The van der Waals surface area contributed by atoms with Gasteiger partial charge in [0.2, 0.25) is 11.8 Å². The van der Waals surface area contributed by atoms with Gasteiger partial charge >= 0.3 is 0 Å². The molecule has 0 fully saturated rings. The van der Waals surface area contributed by atoms with Crippen LogP contribution in [0.15, 0.2) is 61.3 Å². The lowest BCUT2D eigenvalue weighted by atomic mass is 9.71. The van der Waals surface area contributed by atoms with Crippen LogP contribution in [0.5, 0.6) is 0 Å². The topological polar surface area (TPSA) is 67.2 Å². The number of nitrogens with zero attached hydrogens (tertiary/aromatic N) is 3. The second kappa shape index (κ2) is 6.57. The first-order valence-electron chi connectivity index (χ1n) is 9.64. The Morgan fingerprint density at radius 2 is 1.97 bits per heavy atom. The van der Waals surface area contributed by atoms with Crippen molar-refractivity contribution in [1.82, 2.24) is 9.78 Å². The van der Waals surface area contributed by atoms with Gasteiger partial charge in [-0.2, -0.15) is 5.10 Å². The number of halogens is 1. The molecule has 0 saturated carbocycles. The lowest BCUT2D eigenvalue weighted by Crippen LogP contribution is -2.46. The van der Waals surface area contributed by atoms with E-state index in [9.17, 15) is 9.59 Å². The monoisotopic (exact) mass is 418 g/mol. The third-order valence-corrected chi connectivity index (χ3v) is 6.13. The first kappa shape index (κ1) is 18.6. The summed E-state index contributed by atoms with van der Waals surface area (Å²) in [6.45, 7) is 6.15. The van der Waals surface area contributed by atoms with E-state index in [1.807, 2.05) is 37.3 Å². The molecular formula is C23H19ClN4O2. The molecular weight excluding hydrogens is 400 g/mol. The Morgan fingerprint density at radius 1 is 1.20 bits per heavy atom. The van der Waals surface area contributed by atoms with Crippen LogP contribution in [0.25, 0.3) is 5.69 Å². The van der Waals surface area contributed by atoms with Crippen molar-refractivity contribution in [2.75, 3.05) is 16.8 Å². The molecule has 0 bridgehead atoms. The number of carbonyl (C=O) groups is 2. The first-order valence-corrected chi connectivity index (χ1v) is 10.0. The van der Waals surface area contributed by atoms with E-state index in [-0.39, 0.29) is 18.2 Å². The summed E-state index contributed by atoms with van der Waals surface area (Å²) in [5.41, 5.74) is 3.00. The number of para-hydroxylation sites is 1. The van der Waals surface area contributed by atoms with Gasteiger partial charge in [-0.05, 0) is 42.3 Å².